The van der Waals surface area contributed by atoms with E-state index in [4.69, 9.17) is 17.3 Å². The van der Waals surface area contributed by atoms with Crippen LogP contribution in [0.3, 0.4) is 0 Å². The Kier molecular flexibility index (Phi) is 3.20. The molecule has 0 aliphatic heterocycles. The second-order valence-corrected chi connectivity index (χ2v) is 5.13. The number of nitrogens with two attached hydrogens (primary N) is 1. The van der Waals surface area contributed by atoms with Gasteiger partial charge in [-0.05, 0) is 29.3 Å². The fraction of sp³-hybridized carbons (Fsp3) is 0.0625. The topological polar surface area (TPSA) is 58.9 Å². The predicted octanol–water partition coefficient (Wildman–Crippen LogP) is 3.51. The number of fused-ring (bicyclic) bond motifs is 1. The number of amides is 1. The van der Waals surface area contributed by atoms with Crippen LogP contribution in [0.1, 0.15) is 21.6 Å². The van der Waals surface area contributed by atoms with E-state index in [2.05, 4.69) is 4.98 Å². The maximum Gasteiger partial charge on any atom is 0.265 e. The molecule has 100 valence electrons. The van der Waals surface area contributed by atoms with Gasteiger partial charge in [-0.25, -0.2) is 0 Å². The summed E-state index contributed by atoms with van der Waals surface area (Å²) in [6.45, 7) is 0. The van der Waals surface area contributed by atoms with Gasteiger partial charge in [0.2, 0.25) is 0 Å². The lowest BCUT2D eigenvalue weighted by Gasteiger charge is -2.03. The molecule has 3 rings (SSSR count). The average molecular weight is 285 g/mol. The Morgan fingerprint density at radius 2 is 1.90 bits per heavy atom. The Balaban J connectivity index is 2.18. The molecule has 1 aromatic heterocycles. The van der Waals surface area contributed by atoms with Crippen LogP contribution in [0.25, 0.3) is 10.9 Å². The summed E-state index contributed by atoms with van der Waals surface area (Å²) in [5.41, 5.74) is 8.80. The zero-order valence-electron chi connectivity index (χ0n) is 10.7. The van der Waals surface area contributed by atoms with Crippen molar-refractivity contribution in [3.8, 4) is 0 Å². The van der Waals surface area contributed by atoms with Crippen LogP contribution in [0.5, 0.6) is 0 Å². The molecule has 0 saturated heterocycles. The third-order valence-electron chi connectivity index (χ3n) is 3.34. The number of benzene rings is 2. The Labute approximate surface area is 121 Å². The van der Waals surface area contributed by atoms with Crippen molar-refractivity contribution >= 4 is 28.4 Å². The molecule has 0 aliphatic carbocycles. The maximum absolute atomic E-state index is 11.6. The van der Waals surface area contributed by atoms with Crippen LogP contribution in [0, 0.1) is 0 Å². The first-order chi connectivity index (χ1) is 9.65. The number of nitrogens with one attached hydrogen (secondary N) is 1. The standard InChI is InChI=1S/C16H13ClN2O/c17-11-6-7-14-12(9-11)13(15(19-14)16(18)20)8-10-4-2-1-3-5-10/h1-7,9,19H,8H2,(H2,18,20). The second kappa shape index (κ2) is 5.02. The minimum atomic E-state index is -0.455. The van der Waals surface area contributed by atoms with Crippen LogP contribution in [-0.2, 0) is 6.42 Å². The Morgan fingerprint density at radius 3 is 2.60 bits per heavy atom. The van der Waals surface area contributed by atoms with Crippen molar-refractivity contribution < 1.29 is 4.79 Å². The van der Waals surface area contributed by atoms with E-state index >= 15 is 0 Å². The molecule has 0 atom stereocenters. The molecule has 3 nitrogen and oxygen atoms in total. The van der Waals surface area contributed by atoms with Crippen LogP contribution >= 0.6 is 11.6 Å². The minimum Gasteiger partial charge on any atom is -0.364 e. The quantitative estimate of drug-likeness (QED) is 0.760. The van der Waals surface area contributed by atoms with E-state index < -0.39 is 5.91 Å². The first kappa shape index (κ1) is 12.8. The van der Waals surface area contributed by atoms with Gasteiger partial charge in [0.1, 0.15) is 5.69 Å². The fourth-order valence-electron chi connectivity index (χ4n) is 2.41. The summed E-state index contributed by atoms with van der Waals surface area (Å²) in [6, 6.07) is 15.5. The fourth-order valence-corrected chi connectivity index (χ4v) is 2.59. The minimum absolute atomic E-state index is 0.450. The van der Waals surface area contributed by atoms with Crippen LogP contribution in [0.2, 0.25) is 5.02 Å². The summed E-state index contributed by atoms with van der Waals surface area (Å²) in [6.07, 6.45) is 0.638. The highest BCUT2D eigenvalue weighted by Crippen LogP contribution is 2.27. The highest BCUT2D eigenvalue weighted by molar-refractivity contribution is 6.31. The monoisotopic (exact) mass is 284 g/mol. The average Bonchev–Trinajstić information content (AvgIpc) is 2.78. The van der Waals surface area contributed by atoms with Gasteiger partial charge < -0.3 is 10.7 Å². The van der Waals surface area contributed by atoms with E-state index in [0.29, 0.717) is 17.1 Å². The van der Waals surface area contributed by atoms with Crippen molar-refractivity contribution in [1.82, 2.24) is 4.98 Å². The largest absolute Gasteiger partial charge is 0.364 e. The molecule has 3 aromatic rings. The molecular weight excluding hydrogens is 272 g/mol. The third kappa shape index (κ3) is 2.28. The van der Waals surface area contributed by atoms with Gasteiger partial charge in [-0.3, -0.25) is 4.79 Å². The summed E-state index contributed by atoms with van der Waals surface area (Å²) < 4.78 is 0. The predicted molar refractivity (Wildman–Crippen MR) is 81.1 cm³/mol. The smallest absolute Gasteiger partial charge is 0.265 e. The van der Waals surface area contributed by atoms with E-state index in [1.54, 1.807) is 6.07 Å². The summed E-state index contributed by atoms with van der Waals surface area (Å²) in [4.78, 5) is 14.7. The molecule has 0 unspecified atom stereocenters. The molecule has 2 aromatic carbocycles. The number of carbonyl (C=O) groups is 1. The lowest BCUT2D eigenvalue weighted by atomic mass is 10.0. The van der Waals surface area contributed by atoms with Gasteiger partial charge in [-0.1, -0.05) is 41.9 Å². The normalized spacial score (nSPS) is 10.8. The molecule has 0 radical (unpaired) electrons. The Morgan fingerprint density at radius 1 is 1.15 bits per heavy atom. The zero-order valence-corrected chi connectivity index (χ0v) is 11.4. The first-order valence-corrected chi connectivity index (χ1v) is 6.67. The van der Waals surface area contributed by atoms with Gasteiger partial charge in [0, 0.05) is 22.3 Å². The summed E-state index contributed by atoms with van der Waals surface area (Å²) in [7, 11) is 0. The number of carbonyl (C=O) groups excluding carboxylic acids is 1. The first-order valence-electron chi connectivity index (χ1n) is 6.29. The number of hydrogen-bond donors (Lipinski definition) is 2. The van der Waals surface area contributed by atoms with Gasteiger partial charge in [0.15, 0.2) is 0 Å². The molecule has 0 aliphatic rings. The maximum atomic E-state index is 11.6. The van der Waals surface area contributed by atoms with E-state index in [0.717, 1.165) is 22.0 Å². The Bertz CT molecular complexity index is 778. The highest BCUT2D eigenvalue weighted by atomic mass is 35.5. The third-order valence-corrected chi connectivity index (χ3v) is 3.57. The summed E-state index contributed by atoms with van der Waals surface area (Å²) in [5, 5.41) is 1.58. The van der Waals surface area contributed by atoms with E-state index in [1.165, 1.54) is 0 Å². The van der Waals surface area contributed by atoms with E-state index in [9.17, 15) is 4.79 Å². The van der Waals surface area contributed by atoms with Crippen molar-refractivity contribution in [2.45, 2.75) is 6.42 Å². The summed E-state index contributed by atoms with van der Waals surface area (Å²) >= 11 is 6.05. The number of hydrogen-bond acceptors (Lipinski definition) is 1. The molecule has 20 heavy (non-hydrogen) atoms. The summed E-state index contributed by atoms with van der Waals surface area (Å²) in [5.74, 6) is -0.455. The van der Waals surface area contributed by atoms with Crippen LogP contribution in [0.15, 0.2) is 48.5 Å². The lowest BCUT2D eigenvalue weighted by molar-refractivity contribution is 0.0995. The molecule has 1 heterocycles. The van der Waals surface area contributed by atoms with Crippen molar-refractivity contribution in [3.05, 3.63) is 70.4 Å². The molecule has 0 saturated carbocycles. The molecule has 0 bridgehead atoms. The van der Waals surface area contributed by atoms with Crippen molar-refractivity contribution in [3.63, 3.8) is 0 Å². The van der Waals surface area contributed by atoms with E-state index in [1.807, 2.05) is 42.5 Å². The van der Waals surface area contributed by atoms with Crippen molar-refractivity contribution in [2.75, 3.05) is 0 Å². The zero-order chi connectivity index (χ0) is 14.1. The molecule has 1 amide bonds. The SMILES string of the molecule is NC(=O)c1[nH]c2ccc(Cl)cc2c1Cc1ccccc1. The number of H-pyrrole nitrogens is 1. The molecular formula is C16H13ClN2O. The molecule has 4 heteroatoms. The van der Waals surface area contributed by atoms with Crippen molar-refractivity contribution in [2.24, 2.45) is 5.73 Å². The van der Waals surface area contributed by atoms with Gasteiger partial charge in [-0.2, -0.15) is 0 Å². The second-order valence-electron chi connectivity index (χ2n) is 4.70. The number of aromatic amines is 1. The molecule has 3 N–H and O–H groups in total. The lowest BCUT2D eigenvalue weighted by Crippen LogP contribution is -2.13. The number of primary amides is 1. The van der Waals surface area contributed by atoms with Gasteiger partial charge in [-0.15, -0.1) is 0 Å². The van der Waals surface area contributed by atoms with Crippen LogP contribution in [-0.4, -0.2) is 10.9 Å². The van der Waals surface area contributed by atoms with Gasteiger partial charge in [0.25, 0.3) is 5.91 Å². The number of aromatic nitrogens is 1. The highest BCUT2D eigenvalue weighted by Gasteiger charge is 2.16. The van der Waals surface area contributed by atoms with Crippen molar-refractivity contribution in [1.29, 1.82) is 0 Å². The van der Waals surface area contributed by atoms with Gasteiger partial charge in [0.05, 0.1) is 0 Å². The van der Waals surface area contributed by atoms with Crippen LogP contribution in [0.4, 0.5) is 0 Å². The number of rotatable bonds is 3. The van der Waals surface area contributed by atoms with Crippen LogP contribution < -0.4 is 5.73 Å². The number of halogens is 1. The van der Waals surface area contributed by atoms with E-state index in [-0.39, 0.29) is 0 Å². The molecule has 0 fully saturated rings. The Hall–Kier alpha value is -2.26. The van der Waals surface area contributed by atoms with Gasteiger partial charge >= 0.3 is 0 Å². The molecule has 0 spiro atoms.